The normalized spacial score (nSPS) is 25.0. The van der Waals surface area contributed by atoms with Crippen LogP contribution in [0.5, 0.6) is 0 Å². The third-order valence-electron chi connectivity index (χ3n) is 4.33. The summed E-state index contributed by atoms with van der Waals surface area (Å²) in [5.74, 6) is 0.841. The predicted octanol–water partition coefficient (Wildman–Crippen LogP) is 2.47. The van der Waals surface area contributed by atoms with Crippen LogP contribution in [0.25, 0.3) is 0 Å². The second-order valence-electron chi connectivity index (χ2n) is 5.74. The molecule has 2 aliphatic rings. The molecule has 0 aromatic heterocycles. The number of rotatable bonds is 3. The van der Waals surface area contributed by atoms with E-state index in [2.05, 4.69) is 17.0 Å². The molecule has 19 heavy (non-hydrogen) atoms. The fourth-order valence-corrected chi connectivity index (χ4v) is 2.78. The van der Waals surface area contributed by atoms with Crippen LogP contribution in [0.1, 0.15) is 41.1 Å². The number of hydrogen-bond acceptors (Lipinski definition) is 3. The van der Waals surface area contributed by atoms with Gasteiger partial charge in [0.1, 0.15) is 6.10 Å². The summed E-state index contributed by atoms with van der Waals surface area (Å²) in [6, 6.07) is 8.16. The molecular weight excluding hydrogens is 238 g/mol. The molecule has 1 aromatic rings. The van der Waals surface area contributed by atoms with E-state index in [1.54, 1.807) is 0 Å². The van der Waals surface area contributed by atoms with Gasteiger partial charge in [-0.15, -0.1) is 0 Å². The largest absolute Gasteiger partial charge is 0.367 e. The average Bonchev–Trinajstić information content (AvgIpc) is 2.37. The Balaban J connectivity index is 1.68. The summed E-state index contributed by atoms with van der Waals surface area (Å²) in [4.78, 5) is 14.5. The summed E-state index contributed by atoms with van der Waals surface area (Å²) in [6.45, 7) is 2.25. The van der Waals surface area contributed by atoms with Crippen LogP contribution in [0.2, 0.25) is 0 Å². The van der Waals surface area contributed by atoms with Crippen molar-refractivity contribution >= 4 is 5.78 Å². The molecular formula is C16H21NO2. The van der Waals surface area contributed by atoms with Crippen molar-refractivity contribution in [2.45, 2.75) is 31.3 Å². The zero-order chi connectivity index (χ0) is 13.2. The van der Waals surface area contributed by atoms with E-state index in [4.69, 9.17) is 4.74 Å². The Morgan fingerprint density at radius 1 is 1.26 bits per heavy atom. The molecule has 1 heterocycles. The fraction of sp³-hybridized carbons (Fsp3) is 0.562. The number of carbonyl (C=O) groups excluding carboxylic acids is 1. The van der Waals surface area contributed by atoms with Gasteiger partial charge in [0.15, 0.2) is 5.78 Å². The lowest BCUT2D eigenvalue weighted by Gasteiger charge is -2.29. The van der Waals surface area contributed by atoms with Crippen molar-refractivity contribution in [1.82, 2.24) is 4.90 Å². The Kier molecular flexibility index (Phi) is 3.67. The van der Waals surface area contributed by atoms with Gasteiger partial charge in [-0.3, -0.25) is 4.79 Å². The zero-order valence-electron chi connectivity index (χ0n) is 11.5. The molecule has 0 bridgehead atoms. The average molecular weight is 259 g/mol. The van der Waals surface area contributed by atoms with Gasteiger partial charge in [0.05, 0.1) is 6.61 Å². The molecule has 1 unspecified atom stereocenters. The Labute approximate surface area is 114 Å². The van der Waals surface area contributed by atoms with Gasteiger partial charge < -0.3 is 9.64 Å². The van der Waals surface area contributed by atoms with Crippen molar-refractivity contribution in [3.63, 3.8) is 0 Å². The molecule has 2 fully saturated rings. The monoisotopic (exact) mass is 259 g/mol. The molecule has 0 amide bonds. The van der Waals surface area contributed by atoms with E-state index >= 15 is 0 Å². The van der Waals surface area contributed by atoms with E-state index in [0.717, 1.165) is 18.0 Å². The number of morpholine rings is 1. The van der Waals surface area contributed by atoms with E-state index in [1.165, 1.54) is 24.8 Å². The predicted molar refractivity (Wildman–Crippen MR) is 74.6 cm³/mol. The molecule has 102 valence electrons. The first-order chi connectivity index (χ1) is 9.24. The van der Waals surface area contributed by atoms with Crippen molar-refractivity contribution in [2.75, 3.05) is 26.7 Å². The van der Waals surface area contributed by atoms with Crippen molar-refractivity contribution in [3.8, 4) is 0 Å². The lowest BCUT2D eigenvalue weighted by atomic mass is 9.80. The molecule has 3 nitrogen and oxygen atoms in total. The fourth-order valence-electron chi connectivity index (χ4n) is 2.78. The maximum Gasteiger partial charge on any atom is 0.192 e. The Morgan fingerprint density at radius 2 is 2.00 bits per heavy atom. The minimum atomic E-state index is -0.298. The molecule has 3 rings (SSSR count). The maximum atomic E-state index is 12.4. The Hall–Kier alpha value is -1.19. The highest BCUT2D eigenvalue weighted by Gasteiger charge is 2.26. The van der Waals surface area contributed by atoms with Crippen LogP contribution in [0.4, 0.5) is 0 Å². The minimum Gasteiger partial charge on any atom is -0.367 e. The van der Waals surface area contributed by atoms with Crippen LogP contribution >= 0.6 is 0 Å². The van der Waals surface area contributed by atoms with Crippen molar-refractivity contribution in [1.29, 1.82) is 0 Å². The molecule has 1 saturated carbocycles. The first-order valence-electron chi connectivity index (χ1n) is 7.18. The van der Waals surface area contributed by atoms with E-state index in [0.29, 0.717) is 13.2 Å². The lowest BCUT2D eigenvalue weighted by molar-refractivity contribution is -0.00862. The standard InChI is InChI=1S/C16H21NO2/c1-17-9-10-19-15(11-17)16(18)14-7-5-13(6-8-14)12-3-2-4-12/h5-8,12,15H,2-4,9-11H2,1H3. The van der Waals surface area contributed by atoms with Gasteiger partial charge in [-0.2, -0.15) is 0 Å². The summed E-state index contributed by atoms with van der Waals surface area (Å²) in [6.07, 6.45) is 3.63. The number of benzene rings is 1. The molecule has 0 spiro atoms. The van der Waals surface area contributed by atoms with E-state index in [9.17, 15) is 4.79 Å². The van der Waals surface area contributed by atoms with Crippen LogP contribution in [0, 0.1) is 0 Å². The number of ketones is 1. The van der Waals surface area contributed by atoms with E-state index in [-0.39, 0.29) is 11.9 Å². The number of ether oxygens (including phenoxy) is 1. The van der Waals surface area contributed by atoms with Crippen LogP contribution in [-0.2, 0) is 4.74 Å². The molecule has 1 aromatic carbocycles. The topological polar surface area (TPSA) is 29.5 Å². The van der Waals surface area contributed by atoms with Gasteiger partial charge in [0.25, 0.3) is 0 Å². The van der Waals surface area contributed by atoms with Crippen molar-refractivity contribution in [3.05, 3.63) is 35.4 Å². The second kappa shape index (κ2) is 5.43. The third kappa shape index (κ3) is 2.72. The van der Waals surface area contributed by atoms with E-state index < -0.39 is 0 Å². The maximum absolute atomic E-state index is 12.4. The van der Waals surface area contributed by atoms with Gasteiger partial charge >= 0.3 is 0 Å². The molecule has 0 radical (unpaired) electrons. The summed E-state index contributed by atoms with van der Waals surface area (Å²) in [5, 5.41) is 0. The SMILES string of the molecule is CN1CCOC(C(=O)c2ccc(C3CCC3)cc2)C1. The van der Waals surface area contributed by atoms with Gasteiger partial charge in [-0.05, 0) is 31.4 Å². The summed E-state index contributed by atoms with van der Waals surface area (Å²) >= 11 is 0. The van der Waals surface area contributed by atoms with Gasteiger partial charge in [-0.1, -0.05) is 30.7 Å². The number of Topliss-reactive ketones (excluding diaryl/α,β-unsaturated/α-hetero) is 1. The highest BCUT2D eigenvalue weighted by Crippen LogP contribution is 2.36. The summed E-state index contributed by atoms with van der Waals surface area (Å²) in [7, 11) is 2.03. The van der Waals surface area contributed by atoms with Gasteiger partial charge in [0.2, 0.25) is 0 Å². The first-order valence-corrected chi connectivity index (χ1v) is 7.18. The van der Waals surface area contributed by atoms with E-state index in [1.807, 2.05) is 19.2 Å². The molecule has 1 aliphatic heterocycles. The van der Waals surface area contributed by atoms with Crippen molar-refractivity contribution in [2.24, 2.45) is 0 Å². The van der Waals surface area contributed by atoms with Crippen LogP contribution < -0.4 is 0 Å². The molecule has 1 saturated heterocycles. The number of hydrogen-bond donors (Lipinski definition) is 0. The number of likely N-dealkylation sites (N-methyl/N-ethyl adjacent to an activating group) is 1. The van der Waals surface area contributed by atoms with Crippen molar-refractivity contribution < 1.29 is 9.53 Å². The van der Waals surface area contributed by atoms with Gasteiger partial charge in [0, 0.05) is 18.7 Å². The summed E-state index contributed by atoms with van der Waals surface area (Å²) < 4.78 is 5.58. The summed E-state index contributed by atoms with van der Waals surface area (Å²) in [5.41, 5.74) is 2.16. The quantitative estimate of drug-likeness (QED) is 0.781. The van der Waals surface area contributed by atoms with Gasteiger partial charge in [-0.25, -0.2) is 0 Å². The molecule has 3 heteroatoms. The second-order valence-corrected chi connectivity index (χ2v) is 5.74. The first kappa shape index (κ1) is 12.8. The minimum absolute atomic E-state index is 0.117. The lowest BCUT2D eigenvalue weighted by Crippen LogP contribution is -2.44. The third-order valence-corrected chi connectivity index (χ3v) is 4.33. The highest BCUT2D eigenvalue weighted by molar-refractivity contribution is 5.99. The molecule has 1 atom stereocenters. The Bertz CT molecular complexity index is 450. The molecule has 0 N–H and O–H groups in total. The smallest absolute Gasteiger partial charge is 0.192 e. The highest BCUT2D eigenvalue weighted by atomic mass is 16.5. The van der Waals surface area contributed by atoms with Crippen LogP contribution in [0.15, 0.2) is 24.3 Å². The van der Waals surface area contributed by atoms with Crippen LogP contribution in [-0.4, -0.2) is 43.5 Å². The molecule has 1 aliphatic carbocycles. The number of nitrogens with zero attached hydrogens (tertiary/aromatic N) is 1. The zero-order valence-corrected chi connectivity index (χ0v) is 11.5. The Morgan fingerprint density at radius 3 is 2.58 bits per heavy atom. The number of carbonyl (C=O) groups is 1. The van der Waals surface area contributed by atoms with Crippen LogP contribution in [0.3, 0.4) is 0 Å².